The van der Waals surface area contributed by atoms with Crippen LogP contribution in [0.1, 0.15) is 42.2 Å². The predicted molar refractivity (Wildman–Crippen MR) is 94.8 cm³/mol. The number of aromatic nitrogens is 2. The minimum Gasteiger partial charge on any atom is -0.335 e. The van der Waals surface area contributed by atoms with Gasteiger partial charge < -0.3 is 4.90 Å². The summed E-state index contributed by atoms with van der Waals surface area (Å²) in [7, 11) is 1.84. The van der Waals surface area contributed by atoms with Gasteiger partial charge in [0.1, 0.15) is 0 Å². The van der Waals surface area contributed by atoms with Crippen LogP contribution in [-0.4, -0.2) is 51.2 Å². The first kappa shape index (κ1) is 16.7. The van der Waals surface area contributed by atoms with Crippen molar-refractivity contribution in [3.63, 3.8) is 0 Å². The molecule has 5 heteroatoms. The molecular formula is C19H26N4O. The zero-order valence-electron chi connectivity index (χ0n) is 14.7. The predicted octanol–water partition coefficient (Wildman–Crippen LogP) is 2.72. The van der Waals surface area contributed by atoms with E-state index < -0.39 is 0 Å². The number of likely N-dealkylation sites (tertiary alicyclic amines) is 1. The van der Waals surface area contributed by atoms with Gasteiger partial charge in [0.25, 0.3) is 5.91 Å². The van der Waals surface area contributed by atoms with Crippen LogP contribution in [0.2, 0.25) is 0 Å². The lowest BCUT2D eigenvalue weighted by Crippen LogP contribution is -2.42. The third-order valence-corrected chi connectivity index (χ3v) is 5.02. The van der Waals surface area contributed by atoms with Crippen molar-refractivity contribution in [2.45, 2.75) is 32.4 Å². The van der Waals surface area contributed by atoms with Gasteiger partial charge in [-0.1, -0.05) is 30.3 Å². The second-order valence-electron chi connectivity index (χ2n) is 6.52. The molecule has 1 aromatic carbocycles. The molecule has 2 aromatic rings. The lowest BCUT2D eigenvalue weighted by atomic mass is 10.1. The monoisotopic (exact) mass is 326 g/mol. The smallest absolute Gasteiger partial charge is 0.257 e. The molecule has 1 aliphatic rings. The Kier molecular flexibility index (Phi) is 5.00. The number of benzene rings is 1. The normalized spacial score (nSPS) is 19.4. The van der Waals surface area contributed by atoms with Gasteiger partial charge in [0.2, 0.25) is 0 Å². The van der Waals surface area contributed by atoms with Crippen molar-refractivity contribution >= 4 is 5.91 Å². The van der Waals surface area contributed by atoms with Gasteiger partial charge in [0, 0.05) is 45.0 Å². The third kappa shape index (κ3) is 3.36. The molecule has 0 saturated carbocycles. The molecule has 24 heavy (non-hydrogen) atoms. The van der Waals surface area contributed by atoms with Crippen LogP contribution in [0.25, 0.3) is 0 Å². The average molecular weight is 326 g/mol. The van der Waals surface area contributed by atoms with Crippen molar-refractivity contribution in [1.29, 1.82) is 0 Å². The maximum Gasteiger partial charge on any atom is 0.257 e. The van der Waals surface area contributed by atoms with Crippen LogP contribution < -0.4 is 0 Å². The van der Waals surface area contributed by atoms with Gasteiger partial charge in [-0.3, -0.25) is 14.4 Å². The number of hydrogen-bond acceptors (Lipinski definition) is 3. The quantitative estimate of drug-likeness (QED) is 0.848. The van der Waals surface area contributed by atoms with E-state index in [0.29, 0.717) is 11.6 Å². The summed E-state index contributed by atoms with van der Waals surface area (Å²) >= 11 is 0. The lowest BCUT2D eigenvalue weighted by molar-refractivity contribution is 0.0689. The first-order valence-corrected chi connectivity index (χ1v) is 8.68. The van der Waals surface area contributed by atoms with Crippen LogP contribution in [0.4, 0.5) is 0 Å². The molecule has 1 aliphatic heterocycles. The Morgan fingerprint density at radius 1 is 1.38 bits per heavy atom. The first-order valence-electron chi connectivity index (χ1n) is 8.68. The van der Waals surface area contributed by atoms with E-state index in [1.807, 2.05) is 18.0 Å². The number of carbonyl (C=O) groups is 1. The number of amides is 1. The highest BCUT2D eigenvalue weighted by Gasteiger charge is 2.32. The molecule has 0 radical (unpaired) electrons. The second-order valence-corrected chi connectivity index (χ2v) is 6.52. The molecule has 0 bridgehead atoms. The van der Waals surface area contributed by atoms with Crippen LogP contribution in [0, 0.1) is 0 Å². The van der Waals surface area contributed by atoms with Gasteiger partial charge in [-0.25, -0.2) is 0 Å². The second kappa shape index (κ2) is 7.18. The highest BCUT2D eigenvalue weighted by Crippen LogP contribution is 2.27. The summed E-state index contributed by atoms with van der Waals surface area (Å²) in [4.78, 5) is 17.2. The summed E-state index contributed by atoms with van der Waals surface area (Å²) in [6.07, 6.45) is 4.48. The molecule has 0 unspecified atom stereocenters. The number of hydrogen-bond donors (Lipinski definition) is 0. The van der Waals surface area contributed by atoms with Gasteiger partial charge >= 0.3 is 0 Å². The summed E-state index contributed by atoms with van der Waals surface area (Å²) < 4.78 is 1.68. The van der Waals surface area contributed by atoms with Crippen LogP contribution in [-0.2, 0) is 7.05 Å². The lowest BCUT2D eigenvalue weighted by Gasteiger charge is -2.29. The largest absolute Gasteiger partial charge is 0.335 e. The fourth-order valence-corrected chi connectivity index (χ4v) is 3.58. The van der Waals surface area contributed by atoms with Crippen LogP contribution in [0.15, 0.2) is 42.7 Å². The van der Waals surface area contributed by atoms with Gasteiger partial charge in [0.15, 0.2) is 0 Å². The molecule has 128 valence electrons. The highest BCUT2D eigenvalue weighted by atomic mass is 16.2. The SMILES string of the molecule is CCN(C(=O)c1cnn(C)c1)[C@H]1CCN([C@H](C)c2ccccc2)C1. The van der Waals surface area contributed by atoms with E-state index in [-0.39, 0.29) is 11.9 Å². The van der Waals surface area contributed by atoms with Crippen molar-refractivity contribution in [3.05, 3.63) is 53.9 Å². The minimum atomic E-state index is 0.0878. The molecule has 3 rings (SSSR count). The Morgan fingerprint density at radius 2 is 2.12 bits per heavy atom. The number of rotatable bonds is 5. The van der Waals surface area contributed by atoms with E-state index in [1.54, 1.807) is 17.1 Å². The third-order valence-electron chi connectivity index (χ3n) is 5.02. The Balaban J connectivity index is 1.68. The van der Waals surface area contributed by atoms with Crippen molar-refractivity contribution in [2.75, 3.05) is 19.6 Å². The van der Waals surface area contributed by atoms with Crippen molar-refractivity contribution < 1.29 is 4.79 Å². The zero-order valence-corrected chi connectivity index (χ0v) is 14.7. The minimum absolute atomic E-state index is 0.0878. The maximum atomic E-state index is 12.8. The Hall–Kier alpha value is -2.14. The summed E-state index contributed by atoms with van der Waals surface area (Å²) in [6.45, 7) is 6.98. The van der Waals surface area contributed by atoms with Gasteiger partial charge in [0.05, 0.1) is 11.8 Å². The molecule has 0 spiro atoms. The molecule has 1 amide bonds. The Labute approximate surface area is 143 Å². The van der Waals surface area contributed by atoms with E-state index in [1.165, 1.54) is 5.56 Å². The molecule has 2 heterocycles. The molecular weight excluding hydrogens is 300 g/mol. The highest BCUT2D eigenvalue weighted by molar-refractivity contribution is 5.94. The fraction of sp³-hybridized carbons (Fsp3) is 0.474. The molecule has 0 N–H and O–H groups in total. The fourth-order valence-electron chi connectivity index (χ4n) is 3.58. The molecule has 1 fully saturated rings. The van der Waals surface area contributed by atoms with Crippen LogP contribution in [0.3, 0.4) is 0 Å². The maximum absolute atomic E-state index is 12.8. The summed E-state index contributed by atoms with van der Waals surface area (Å²) in [6, 6.07) is 11.2. The molecule has 1 aromatic heterocycles. The first-order chi connectivity index (χ1) is 11.6. The molecule has 2 atom stereocenters. The van der Waals surface area contributed by atoms with Gasteiger partial charge in [-0.2, -0.15) is 5.10 Å². The number of nitrogens with zero attached hydrogens (tertiary/aromatic N) is 4. The Bertz CT molecular complexity index is 682. The average Bonchev–Trinajstić information content (AvgIpc) is 3.25. The zero-order chi connectivity index (χ0) is 17.1. The standard InChI is InChI=1S/C19H26N4O/c1-4-23(19(24)17-12-20-21(3)13-17)18-10-11-22(14-18)15(2)16-8-6-5-7-9-16/h5-9,12-13,15,18H,4,10-11,14H2,1-3H3/t15-,18+/m1/s1. The topological polar surface area (TPSA) is 41.4 Å². The summed E-state index contributed by atoms with van der Waals surface area (Å²) in [5.74, 6) is 0.0878. The van der Waals surface area contributed by atoms with Gasteiger partial charge in [-0.15, -0.1) is 0 Å². The van der Waals surface area contributed by atoms with E-state index in [4.69, 9.17) is 0 Å². The van der Waals surface area contributed by atoms with Gasteiger partial charge in [-0.05, 0) is 25.8 Å². The van der Waals surface area contributed by atoms with E-state index in [9.17, 15) is 4.79 Å². The van der Waals surface area contributed by atoms with Crippen LogP contribution in [0.5, 0.6) is 0 Å². The molecule has 1 saturated heterocycles. The number of carbonyl (C=O) groups excluding carboxylic acids is 1. The molecule has 5 nitrogen and oxygen atoms in total. The van der Waals surface area contributed by atoms with Crippen molar-refractivity contribution in [2.24, 2.45) is 7.05 Å². The van der Waals surface area contributed by atoms with E-state index in [0.717, 1.165) is 26.1 Å². The van der Waals surface area contributed by atoms with Crippen molar-refractivity contribution in [1.82, 2.24) is 19.6 Å². The van der Waals surface area contributed by atoms with E-state index in [2.05, 4.69) is 48.1 Å². The number of likely N-dealkylation sites (N-methyl/N-ethyl adjacent to an activating group) is 1. The summed E-state index contributed by atoms with van der Waals surface area (Å²) in [5.41, 5.74) is 2.01. The number of aryl methyl sites for hydroxylation is 1. The van der Waals surface area contributed by atoms with E-state index >= 15 is 0 Å². The Morgan fingerprint density at radius 3 is 2.75 bits per heavy atom. The molecule has 0 aliphatic carbocycles. The van der Waals surface area contributed by atoms with Crippen LogP contribution >= 0.6 is 0 Å². The van der Waals surface area contributed by atoms with Crippen molar-refractivity contribution in [3.8, 4) is 0 Å². The summed E-state index contributed by atoms with van der Waals surface area (Å²) in [5, 5.41) is 4.12.